The number of benzene rings is 2. The van der Waals surface area contributed by atoms with Crippen LogP contribution in [-0.4, -0.2) is 35.2 Å². The van der Waals surface area contributed by atoms with Gasteiger partial charge >= 0.3 is 5.97 Å². The second-order valence-corrected chi connectivity index (χ2v) is 5.96. The van der Waals surface area contributed by atoms with Crippen LogP contribution in [0.4, 0.5) is 5.69 Å². The average molecular weight is 349 g/mol. The van der Waals surface area contributed by atoms with Crippen LogP contribution >= 0.6 is 0 Å². The topological polar surface area (TPSA) is 88.1 Å². The Labute approximate surface area is 149 Å². The molecule has 2 aromatic carbocycles. The summed E-state index contributed by atoms with van der Waals surface area (Å²) in [7, 11) is 0. The Kier molecular flexibility index (Phi) is 3.96. The van der Waals surface area contributed by atoms with Gasteiger partial charge in [-0.15, -0.1) is 0 Å². The predicted molar refractivity (Wildman–Crippen MR) is 94.0 cm³/mol. The van der Waals surface area contributed by atoms with Gasteiger partial charge in [-0.2, -0.15) is 0 Å². The molecule has 7 heteroatoms. The van der Waals surface area contributed by atoms with E-state index in [1.807, 2.05) is 0 Å². The summed E-state index contributed by atoms with van der Waals surface area (Å²) < 4.78 is 0. The van der Waals surface area contributed by atoms with Gasteiger partial charge in [0.1, 0.15) is 5.84 Å². The number of aliphatic imine (C=N–C) groups is 1. The van der Waals surface area contributed by atoms with Crippen molar-refractivity contribution in [3.05, 3.63) is 65.2 Å². The Balaban J connectivity index is 1.45. The first-order valence-corrected chi connectivity index (χ1v) is 8.24. The number of nitrogens with zero attached hydrogens (tertiary/aromatic N) is 2. The molecule has 0 saturated carbocycles. The molecule has 130 valence electrons. The SMILES string of the molecule is O=C(ON1C(=O)c2ccccc2C1=O)c1ccc(NC2=NCCC2)cc1. The normalized spacial score (nSPS) is 15.7. The van der Waals surface area contributed by atoms with Gasteiger partial charge in [0, 0.05) is 18.7 Å². The molecule has 2 aliphatic heterocycles. The largest absolute Gasteiger partial charge is 0.363 e. The molecule has 0 saturated heterocycles. The van der Waals surface area contributed by atoms with Crippen LogP contribution in [0.25, 0.3) is 0 Å². The lowest BCUT2D eigenvalue weighted by molar-refractivity contribution is -0.0584. The smallest absolute Gasteiger partial charge is 0.344 e. The quantitative estimate of drug-likeness (QED) is 0.861. The minimum Gasteiger partial charge on any atom is -0.344 e. The highest BCUT2D eigenvalue weighted by Crippen LogP contribution is 2.23. The number of fused-ring (bicyclic) bond motifs is 1. The van der Waals surface area contributed by atoms with E-state index in [4.69, 9.17) is 4.84 Å². The predicted octanol–water partition coefficient (Wildman–Crippen LogP) is 2.66. The van der Waals surface area contributed by atoms with Gasteiger partial charge in [0.25, 0.3) is 11.8 Å². The summed E-state index contributed by atoms with van der Waals surface area (Å²) in [4.78, 5) is 46.1. The first kappa shape index (κ1) is 16.0. The van der Waals surface area contributed by atoms with E-state index >= 15 is 0 Å². The van der Waals surface area contributed by atoms with E-state index in [2.05, 4.69) is 10.3 Å². The fourth-order valence-corrected chi connectivity index (χ4v) is 2.88. The zero-order chi connectivity index (χ0) is 18.1. The number of carbonyl (C=O) groups is 3. The van der Waals surface area contributed by atoms with Gasteiger partial charge < -0.3 is 10.2 Å². The number of amidine groups is 1. The number of hydrogen-bond donors (Lipinski definition) is 1. The molecule has 2 aliphatic rings. The highest BCUT2D eigenvalue weighted by Gasteiger charge is 2.38. The number of anilines is 1. The summed E-state index contributed by atoms with van der Waals surface area (Å²) >= 11 is 0. The van der Waals surface area contributed by atoms with Crippen molar-refractivity contribution in [1.29, 1.82) is 0 Å². The van der Waals surface area contributed by atoms with E-state index in [0.29, 0.717) is 5.06 Å². The van der Waals surface area contributed by atoms with Crippen molar-refractivity contribution in [3.8, 4) is 0 Å². The highest BCUT2D eigenvalue weighted by molar-refractivity contribution is 6.21. The Morgan fingerprint density at radius 3 is 2.23 bits per heavy atom. The maximum absolute atomic E-state index is 12.3. The summed E-state index contributed by atoms with van der Waals surface area (Å²) in [5, 5.41) is 3.69. The highest BCUT2D eigenvalue weighted by atomic mass is 16.7. The minimum absolute atomic E-state index is 0.224. The van der Waals surface area contributed by atoms with Crippen LogP contribution in [0.3, 0.4) is 0 Å². The molecule has 0 aromatic heterocycles. The molecule has 2 amide bonds. The van der Waals surface area contributed by atoms with E-state index in [1.165, 1.54) is 12.1 Å². The molecule has 0 bridgehead atoms. The van der Waals surface area contributed by atoms with E-state index in [0.717, 1.165) is 30.9 Å². The molecule has 0 aliphatic carbocycles. The molecular formula is C19H15N3O4. The van der Waals surface area contributed by atoms with Gasteiger partial charge in [0.2, 0.25) is 0 Å². The summed E-state index contributed by atoms with van der Waals surface area (Å²) in [6.07, 6.45) is 1.94. The van der Waals surface area contributed by atoms with Crippen molar-refractivity contribution < 1.29 is 19.2 Å². The second-order valence-electron chi connectivity index (χ2n) is 5.96. The lowest BCUT2D eigenvalue weighted by atomic mass is 10.1. The molecule has 1 N–H and O–H groups in total. The average Bonchev–Trinajstić information content (AvgIpc) is 3.25. The van der Waals surface area contributed by atoms with Crippen LogP contribution in [0.1, 0.15) is 43.9 Å². The molecule has 7 nitrogen and oxygen atoms in total. The monoisotopic (exact) mass is 349 g/mol. The molecule has 0 atom stereocenters. The maximum Gasteiger partial charge on any atom is 0.363 e. The molecule has 0 fully saturated rings. The number of rotatable bonds is 3. The van der Waals surface area contributed by atoms with Crippen molar-refractivity contribution in [2.45, 2.75) is 12.8 Å². The van der Waals surface area contributed by atoms with E-state index in [1.54, 1.807) is 36.4 Å². The standard InChI is InChI=1S/C19H15N3O4/c23-17-14-4-1-2-5-15(14)18(24)22(17)26-19(25)12-7-9-13(10-8-12)21-16-6-3-11-20-16/h1-2,4-5,7-10H,3,6,11H2,(H,20,21). The third-order valence-corrected chi connectivity index (χ3v) is 4.21. The summed E-state index contributed by atoms with van der Waals surface area (Å²) in [6.45, 7) is 0.826. The van der Waals surface area contributed by atoms with Crippen LogP contribution in [0.5, 0.6) is 0 Å². The van der Waals surface area contributed by atoms with Gasteiger partial charge in [-0.05, 0) is 42.8 Å². The molecule has 0 spiro atoms. The van der Waals surface area contributed by atoms with Crippen LogP contribution in [-0.2, 0) is 4.84 Å². The molecular weight excluding hydrogens is 334 g/mol. The lowest BCUT2D eigenvalue weighted by Gasteiger charge is -2.13. The lowest BCUT2D eigenvalue weighted by Crippen LogP contribution is -2.32. The molecule has 26 heavy (non-hydrogen) atoms. The summed E-state index contributed by atoms with van der Waals surface area (Å²) in [5.74, 6) is -1.14. The summed E-state index contributed by atoms with van der Waals surface area (Å²) in [6, 6.07) is 12.9. The van der Waals surface area contributed by atoms with Crippen LogP contribution < -0.4 is 5.32 Å². The Bertz CT molecular complexity index is 899. The Morgan fingerprint density at radius 1 is 1.00 bits per heavy atom. The van der Waals surface area contributed by atoms with E-state index < -0.39 is 17.8 Å². The van der Waals surface area contributed by atoms with Crippen LogP contribution in [0, 0.1) is 0 Å². The number of hydrogen-bond acceptors (Lipinski definition) is 6. The van der Waals surface area contributed by atoms with Crippen molar-refractivity contribution in [2.24, 2.45) is 4.99 Å². The fraction of sp³-hybridized carbons (Fsp3) is 0.158. The molecule has 0 unspecified atom stereocenters. The van der Waals surface area contributed by atoms with Crippen LogP contribution in [0.15, 0.2) is 53.5 Å². The Hall–Kier alpha value is -3.48. The van der Waals surface area contributed by atoms with Gasteiger partial charge in [-0.3, -0.25) is 14.6 Å². The number of amides is 2. The van der Waals surface area contributed by atoms with Gasteiger partial charge in [0.15, 0.2) is 0 Å². The van der Waals surface area contributed by atoms with Gasteiger partial charge in [-0.25, -0.2) is 4.79 Å². The number of carbonyl (C=O) groups excluding carboxylic acids is 3. The van der Waals surface area contributed by atoms with E-state index in [9.17, 15) is 14.4 Å². The number of nitrogens with one attached hydrogen (secondary N) is 1. The van der Waals surface area contributed by atoms with Crippen molar-refractivity contribution in [3.63, 3.8) is 0 Å². The first-order chi connectivity index (χ1) is 12.6. The first-order valence-electron chi connectivity index (χ1n) is 8.24. The number of imide groups is 1. The fourth-order valence-electron chi connectivity index (χ4n) is 2.88. The zero-order valence-electron chi connectivity index (χ0n) is 13.8. The van der Waals surface area contributed by atoms with Crippen molar-refractivity contribution in [2.75, 3.05) is 11.9 Å². The van der Waals surface area contributed by atoms with Gasteiger partial charge in [0.05, 0.1) is 16.7 Å². The number of hydroxylamine groups is 2. The molecule has 0 radical (unpaired) electrons. The molecule has 2 heterocycles. The van der Waals surface area contributed by atoms with Crippen molar-refractivity contribution in [1.82, 2.24) is 5.06 Å². The third-order valence-electron chi connectivity index (χ3n) is 4.21. The Morgan fingerprint density at radius 2 is 1.65 bits per heavy atom. The third kappa shape index (κ3) is 2.83. The molecule has 4 rings (SSSR count). The zero-order valence-corrected chi connectivity index (χ0v) is 13.8. The summed E-state index contributed by atoms with van der Waals surface area (Å²) in [5.41, 5.74) is 1.49. The van der Waals surface area contributed by atoms with Gasteiger partial charge in [-0.1, -0.05) is 17.2 Å². The maximum atomic E-state index is 12.3. The van der Waals surface area contributed by atoms with Crippen LogP contribution in [0.2, 0.25) is 0 Å². The van der Waals surface area contributed by atoms with E-state index in [-0.39, 0.29) is 16.7 Å². The second kappa shape index (κ2) is 6.44. The molecule has 2 aromatic rings. The minimum atomic E-state index is -0.774. The van der Waals surface area contributed by atoms with Crippen molar-refractivity contribution >= 4 is 29.3 Å².